The van der Waals surface area contributed by atoms with Crippen LogP contribution in [0.2, 0.25) is 0 Å². The number of benzene rings is 1. The Hall–Kier alpha value is -1.81. The van der Waals surface area contributed by atoms with Gasteiger partial charge in [0.15, 0.2) is 0 Å². The first-order valence-corrected chi connectivity index (χ1v) is 10.9. The summed E-state index contributed by atoms with van der Waals surface area (Å²) >= 11 is 3.40. The lowest BCUT2D eigenvalue weighted by Gasteiger charge is -2.35. The summed E-state index contributed by atoms with van der Waals surface area (Å²) in [5, 5.41) is 0. The Bertz CT molecular complexity index is 834. The largest absolute Gasteiger partial charge is 0.444 e. The van der Waals surface area contributed by atoms with E-state index in [9.17, 15) is 18.0 Å². The van der Waals surface area contributed by atoms with Crippen molar-refractivity contribution in [2.75, 3.05) is 25.9 Å². The third-order valence-corrected chi connectivity index (χ3v) is 4.87. The number of piperazine rings is 1. The average Bonchev–Trinajstić information content (AvgIpc) is 2.49. The van der Waals surface area contributed by atoms with E-state index in [1.54, 1.807) is 37.8 Å². The second kappa shape index (κ2) is 8.05. The molecule has 0 aromatic heterocycles. The lowest BCUT2D eigenvalue weighted by atomic mass is 10.2. The molecule has 0 unspecified atom stereocenters. The van der Waals surface area contributed by atoms with Gasteiger partial charge < -0.3 is 13.8 Å². The summed E-state index contributed by atoms with van der Waals surface area (Å²) in [6.45, 7) is 6.22. The fourth-order valence-corrected chi connectivity index (χ4v) is 3.29. The van der Waals surface area contributed by atoms with Crippen molar-refractivity contribution in [3.8, 4) is 5.75 Å². The van der Waals surface area contributed by atoms with Gasteiger partial charge in [-0.2, -0.15) is 8.42 Å². The molecule has 0 spiro atoms. The summed E-state index contributed by atoms with van der Waals surface area (Å²) in [7, 11) is -3.64. The third kappa shape index (κ3) is 6.69. The molecular formula is C17H23BrN2O6S. The first-order chi connectivity index (χ1) is 12.3. The van der Waals surface area contributed by atoms with Crippen LogP contribution in [0.25, 0.3) is 0 Å². The number of rotatable bonds is 4. The van der Waals surface area contributed by atoms with Crippen molar-refractivity contribution >= 4 is 38.0 Å². The van der Waals surface area contributed by atoms with E-state index in [4.69, 9.17) is 8.92 Å². The number of carbonyl (C=O) groups is 2. The number of carbonyl (C=O) groups excluding carboxylic acids is 2. The molecule has 2 rings (SSSR count). The number of nitrogens with zero attached hydrogens (tertiary/aromatic N) is 2. The molecule has 0 N–H and O–H groups in total. The highest BCUT2D eigenvalue weighted by molar-refractivity contribution is 9.10. The number of halogens is 1. The molecule has 8 nitrogen and oxygen atoms in total. The maximum Gasteiger partial charge on any atom is 0.410 e. The van der Waals surface area contributed by atoms with Crippen LogP contribution >= 0.6 is 15.9 Å². The zero-order valence-electron chi connectivity index (χ0n) is 15.7. The van der Waals surface area contributed by atoms with Gasteiger partial charge in [0.2, 0.25) is 5.91 Å². The van der Waals surface area contributed by atoms with Gasteiger partial charge in [0.05, 0.1) is 6.26 Å². The number of amides is 2. The molecule has 0 radical (unpaired) electrons. The smallest absolute Gasteiger partial charge is 0.410 e. The zero-order valence-corrected chi connectivity index (χ0v) is 18.1. The summed E-state index contributed by atoms with van der Waals surface area (Å²) < 4.78 is 33.5. The van der Waals surface area contributed by atoms with E-state index in [1.807, 2.05) is 0 Å². The summed E-state index contributed by atoms with van der Waals surface area (Å²) in [5.74, 6) is -0.0380. The van der Waals surface area contributed by atoms with Gasteiger partial charge in [0, 0.05) is 24.1 Å². The lowest BCUT2D eigenvalue weighted by molar-refractivity contribution is -0.136. The number of hydrogen-bond donors (Lipinski definition) is 0. The Balaban J connectivity index is 2.04. The van der Waals surface area contributed by atoms with Gasteiger partial charge >= 0.3 is 16.2 Å². The molecule has 1 fully saturated rings. The van der Waals surface area contributed by atoms with Gasteiger partial charge in [-0.05, 0) is 44.5 Å². The van der Waals surface area contributed by atoms with E-state index in [1.165, 1.54) is 11.0 Å². The van der Waals surface area contributed by atoms with Crippen molar-refractivity contribution in [2.24, 2.45) is 0 Å². The molecule has 1 saturated heterocycles. The zero-order chi connectivity index (χ0) is 20.4. The van der Waals surface area contributed by atoms with E-state index in [-0.39, 0.29) is 24.7 Å². The molecule has 0 bridgehead atoms. The Kier molecular flexibility index (Phi) is 6.41. The number of ether oxygens (including phenoxy) is 1. The average molecular weight is 463 g/mol. The van der Waals surface area contributed by atoms with Crippen molar-refractivity contribution in [3.63, 3.8) is 0 Å². The Morgan fingerprint density at radius 3 is 2.48 bits per heavy atom. The molecule has 27 heavy (non-hydrogen) atoms. The maximum absolute atomic E-state index is 12.4. The van der Waals surface area contributed by atoms with Gasteiger partial charge in [-0.1, -0.05) is 15.9 Å². The van der Waals surface area contributed by atoms with Crippen molar-refractivity contribution in [1.82, 2.24) is 9.80 Å². The van der Waals surface area contributed by atoms with Crippen LogP contribution in [-0.2, 0) is 26.2 Å². The third-order valence-electron chi connectivity index (χ3n) is 3.60. The molecule has 0 aliphatic carbocycles. The first kappa shape index (κ1) is 21.5. The summed E-state index contributed by atoms with van der Waals surface area (Å²) in [6.07, 6.45) is 0.453. The van der Waals surface area contributed by atoms with E-state index < -0.39 is 21.8 Å². The van der Waals surface area contributed by atoms with Gasteiger partial charge in [0.1, 0.15) is 17.9 Å². The molecule has 1 heterocycles. The van der Waals surface area contributed by atoms with Crippen molar-refractivity contribution in [3.05, 3.63) is 28.2 Å². The van der Waals surface area contributed by atoms with Crippen LogP contribution < -0.4 is 4.18 Å². The fourth-order valence-electron chi connectivity index (χ4n) is 2.46. The molecule has 10 heteroatoms. The molecular weight excluding hydrogens is 440 g/mol. The highest BCUT2D eigenvalue weighted by Gasteiger charge is 2.30. The highest BCUT2D eigenvalue weighted by atomic mass is 79.9. The van der Waals surface area contributed by atoms with Crippen LogP contribution in [0.15, 0.2) is 22.7 Å². The second-order valence-electron chi connectivity index (χ2n) is 7.26. The topological polar surface area (TPSA) is 93.2 Å². The van der Waals surface area contributed by atoms with Crippen LogP contribution in [0, 0.1) is 0 Å². The van der Waals surface area contributed by atoms with Crippen molar-refractivity contribution < 1.29 is 26.9 Å². The summed E-state index contributed by atoms with van der Waals surface area (Å²) in [6, 6.07) is 4.76. The molecule has 1 aromatic carbocycles. The standard InChI is InChI=1S/C17H23BrN2O6S/c1-17(2,3)25-16(22)20-8-7-19(15(21)11-20)10-12-9-13(5-6-14(12)18)26-27(4,23)24/h5-6,9H,7-8,10-11H2,1-4H3. The Morgan fingerprint density at radius 2 is 1.93 bits per heavy atom. The van der Waals surface area contributed by atoms with Gasteiger partial charge in [0.25, 0.3) is 0 Å². The van der Waals surface area contributed by atoms with Gasteiger partial charge in [-0.15, -0.1) is 0 Å². The van der Waals surface area contributed by atoms with Crippen LogP contribution in [0.1, 0.15) is 26.3 Å². The normalized spacial score (nSPS) is 15.7. The highest BCUT2D eigenvalue weighted by Crippen LogP contribution is 2.25. The predicted molar refractivity (Wildman–Crippen MR) is 103 cm³/mol. The molecule has 150 valence electrons. The first-order valence-electron chi connectivity index (χ1n) is 8.28. The van der Waals surface area contributed by atoms with Gasteiger partial charge in [-0.3, -0.25) is 9.69 Å². The minimum Gasteiger partial charge on any atom is -0.444 e. The van der Waals surface area contributed by atoms with Crippen LogP contribution in [0.4, 0.5) is 4.79 Å². The fraction of sp³-hybridized carbons (Fsp3) is 0.529. The van der Waals surface area contributed by atoms with Crippen LogP contribution in [0.5, 0.6) is 5.75 Å². The Morgan fingerprint density at radius 1 is 1.26 bits per heavy atom. The molecule has 1 aromatic rings. The predicted octanol–water partition coefficient (Wildman–Crippen LogP) is 2.37. The monoisotopic (exact) mass is 462 g/mol. The summed E-state index contributed by atoms with van der Waals surface area (Å²) in [5.41, 5.74) is 0.0811. The van der Waals surface area contributed by atoms with E-state index in [2.05, 4.69) is 15.9 Å². The van der Waals surface area contributed by atoms with Gasteiger partial charge in [-0.25, -0.2) is 4.79 Å². The van der Waals surface area contributed by atoms with Crippen LogP contribution in [-0.4, -0.2) is 61.7 Å². The number of hydrogen-bond acceptors (Lipinski definition) is 6. The quantitative estimate of drug-likeness (QED) is 0.637. The molecule has 0 atom stereocenters. The molecule has 0 saturated carbocycles. The maximum atomic E-state index is 12.4. The van der Waals surface area contributed by atoms with E-state index in [0.29, 0.717) is 18.7 Å². The van der Waals surface area contributed by atoms with Crippen molar-refractivity contribution in [2.45, 2.75) is 32.9 Å². The molecule has 2 amide bonds. The minimum atomic E-state index is -3.64. The SMILES string of the molecule is CC(C)(C)OC(=O)N1CCN(Cc2cc(OS(C)(=O)=O)ccc2Br)C(=O)C1. The van der Waals surface area contributed by atoms with E-state index >= 15 is 0 Å². The molecule has 1 aliphatic rings. The van der Waals surface area contributed by atoms with Crippen LogP contribution in [0.3, 0.4) is 0 Å². The summed E-state index contributed by atoms with van der Waals surface area (Å²) in [4.78, 5) is 27.5. The van der Waals surface area contributed by atoms with Crippen molar-refractivity contribution in [1.29, 1.82) is 0 Å². The lowest BCUT2D eigenvalue weighted by Crippen LogP contribution is -2.52. The minimum absolute atomic E-state index is 0.0634. The Labute approximate surface area is 167 Å². The second-order valence-corrected chi connectivity index (χ2v) is 9.69. The van der Waals surface area contributed by atoms with E-state index in [0.717, 1.165) is 10.7 Å². The molecule has 1 aliphatic heterocycles.